The molecule has 1 amide bonds. The van der Waals surface area contributed by atoms with Crippen LogP contribution in [0.1, 0.15) is 32.3 Å². The fourth-order valence-electron chi connectivity index (χ4n) is 4.15. The summed E-state index contributed by atoms with van der Waals surface area (Å²) in [6, 6.07) is 14.6. The number of hydrogen-bond donors (Lipinski definition) is 1. The lowest BCUT2D eigenvalue weighted by molar-refractivity contribution is -0.116. The second kappa shape index (κ2) is 10.4. The fourth-order valence-corrected chi connectivity index (χ4v) is 4.77. The van der Waals surface area contributed by atoms with Crippen LogP contribution in [0.4, 0.5) is 5.69 Å². The van der Waals surface area contributed by atoms with E-state index in [9.17, 15) is 9.59 Å². The molecule has 2 heterocycles. The van der Waals surface area contributed by atoms with Gasteiger partial charge in [-0.25, -0.2) is 4.98 Å². The molecular formula is C27H24Cl3N3O2. The van der Waals surface area contributed by atoms with E-state index in [1.54, 1.807) is 37.4 Å². The Morgan fingerprint density at radius 3 is 2.29 bits per heavy atom. The summed E-state index contributed by atoms with van der Waals surface area (Å²) in [6.45, 7) is 3.83. The molecule has 0 aliphatic heterocycles. The molecular weight excluding hydrogens is 505 g/mol. The Morgan fingerprint density at radius 2 is 1.66 bits per heavy atom. The highest BCUT2D eigenvalue weighted by atomic mass is 35.5. The summed E-state index contributed by atoms with van der Waals surface area (Å²) in [5, 5.41) is 5.21. The van der Waals surface area contributed by atoms with E-state index in [1.807, 2.05) is 32.0 Å². The van der Waals surface area contributed by atoms with Gasteiger partial charge in [0.1, 0.15) is 5.65 Å². The molecule has 0 saturated heterocycles. The number of nitrogens with zero attached hydrogens (tertiary/aromatic N) is 2. The second-order valence-electron chi connectivity index (χ2n) is 8.26. The molecule has 0 aliphatic carbocycles. The van der Waals surface area contributed by atoms with Crippen LogP contribution in [0.25, 0.3) is 33.4 Å². The molecule has 5 nitrogen and oxygen atoms in total. The number of pyridine rings is 2. The van der Waals surface area contributed by atoms with Crippen molar-refractivity contribution >= 4 is 57.4 Å². The lowest BCUT2D eigenvalue weighted by atomic mass is 9.96. The zero-order chi connectivity index (χ0) is 25.3. The van der Waals surface area contributed by atoms with Crippen molar-refractivity contribution in [3.05, 3.63) is 79.5 Å². The van der Waals surface area contributed by atoms with E-state index < -0.39 is 0 Å². The average molecular weight is 529 g/mol. The minimum atomic E-state index is -0.202. The van der Waals surface area contributed by atoms with Gasteiger partial charge in [0.2, 0.25) is 5.91 Å². The molecule has 0 saturated carbocycles. The monoisotopic (exact) mass is 527 g/mol. The highest BCUT2D eigenvalue weighted by Gasteiger charge is 2.21. The molecule has 1 N–H and O–H groups in total. The molecule has 4 rings (SSSR count). The van der Waals surface area contributed by atoms with Crippen molar-refractivity contribution in [2.24, 2.45) is 7.05 Å². The van der Waals surface area contributed by atoms with Gasteiger partial charge in [-0.3, -0.25) is 14.2 Å². The van der Waals surface area contributed by atoms with Gasteiger partial charge in [0, 0.05) is 45.6 Å². The van der Waals surface area contributed by atoms with Gasteiger partial charge in [-0.2, -0.15) is 0 Å². The number of carbonyl (C=O) groups is 1. The zero-order valence-electron chi connectivity index (χ0n) is 19.6. The molecule has 2 aromatic heterocycles. The SMILES string of the molecule is CCCC(=O)Nc1c(CC)c(=O)n(C)c2nc(-c3ccc(Cl)cc3Cl)c(-c3ccc(Cl)cc3)cc12. The maximum Gasteiger partial charge on any atom is 0.257 e. The predicted molar refractivity (Wildman–Crippen MR) is 146 cm³/mol. The first-order chi connectivity index (χ1) is 16.7. The van der Waals surface area contributed by atoms with Crippen LogP contribution in [0.2, 0.25) is 15.1 Å². The van der Waals surface area contributed by atoms with Gasteiger partial charge in [0.05, 0.1) is 16.4 Å². The van der Waals surface area contributed by atoms with E-state index in [1.165, 1.54) is 4.57 Å². The molecule has 4 aromatic rings. The Balaban J connectivity index is 2.12. The lowest BCUT2D eigenvalue weighted by Gasteiger charge is -2.19. The third-order valence-electron chi connectivity index (χ3n) is 5.89. The summed E-state index contributed by atoms with van der Waals surface area (Å²) in [5.74, 6) is -0.144. The Hall–Kier alpha value is -2.86. The normalized spacial score (nSPS) is 11.1. The predicted octanol–water partition coefficient (Wildman–Crippen LogP) is 7.53. The number of halogens is 3. The molecule has 0 spiro atoms. The molecule has 180 valence electrons. The van der Waals surface area contributed by atoms with Crippen LogP contribution in [0.3, 0.4) is 0 Å². The van der Waals surface area contributed by atoms with Crippen molar-refractivity contribution in [2.75, 3.05) is 5.32 Å². The van der Waals surface area contributed by atoms with E-state index in [2.05, 4.69) is 5.32 Å². The number of benzene rings is 2. The van der Waals surface area contributed by atoms with Crippen molar-refractivity contribution in [3.63, 3.8) is 0 Å². The number of anilines is 1. The molecule has 0 fully saturated rings. The van der Waals surface area contributed by atoms with Crippen LogP contribution >= 0.6 is 34.8 Å². The molecule has 0 aliphatic rings. The smallest absolute Gasteiger partial charge is 0.257 e. The minimum absolute atomic E-state index is 0.144. The summed E-state index contributed by atoms with van der Waals surface area (Å²) >= 11 is 18.9. The third kappa shape index (κ3) is 4.94. The molecule has 0 unspecified atom stereocenters. The molecule has 8 heteroatoms. The number of nitrogens with one attached hydrogen (secondary N) is 1. The summed E-state index contributed by atoms with van der Waals surface area (Å²) < 4.78 is 1.52. The van der Waals surface area contributed by atoms with Gasteiger partial charge in [-0.1, -0.05) is 60.8 Å². The first kappa shape index (κ1) is 25.2. The highest BCUT2D eigenvalue weighted by molar-refractivity contribution is 6.36. The minimum Gasteiger partial charge on any atom is -0.325 e. The van der Waals surface area contributed by atoms with Crippen molar-refractivity contribution in [3.8, 4) is 22.4 Å². The van der Waals surface area contributed by atoms with Gasteiger partial charge in [0.15, 0.2) is 0 Å². The number of rotatable bonds is 6. The number of hydrogen-bond acceptors (Lipinski definition) is 3. The van der Waals surface area contributed by atoms with Crippen LogP contribution in [0.5, 0.6) is 0 Å². The van der Waals surface area contributed by atoms with Crippen molar-refractivity contribution in [2.45, 2.75) is 33.1 Å². The number of carbonyl (C=O) groups excluding carboxylic acids is 1. The van der Waals surface area contributed by atoms with Crippen molar-refractivity contribution < 1.29 is 4.79 Å². The van der Waals surface area contributed by atoms with Crippen LogP contribution in [0.15, 0.2) is 53.3 Å². The summed E-state index contributed by atoms with van der Waals surface area (Å²) in [7, 11) is 1.68. The molecule has 0 bridgehead atoms. The molecule has 0 atom stereocenters. The maximum absolute atomic E-state index is 13.2. The first-order valence-electron chi connectivity index (χ1n) is 11.3. The molecule has 0 radical (unpaired) electrons. The van der Waals surface area contributed by atoms with Gasteiger partial charge < -0.3 is 5.32 Å². The second-order valence-corrected chi connectivity index (χ2v) is 9.54. The van der Waals surface area contributed by atoms with Gasteiger partial charge in [-0.15, -0.1) is 0 Å². The average Bonchev–Trinajstić information content (AvgIpc) is 2.83. The van der Waals surface area contributed by atoms with E-state index in [0.29, 0.717) is 67.9 Å². The molecule has 35 heavy (non-hydrogen) atoms. The van der Waals surface area contributed by atoms with E-state index in [-0.39, 0.29) is 11.5 Å². The van der Waals surface area contributed by atoms with Gasteiger partial charge in [0.25, 0.3) is 5.56 Å². The standard InChI is InChI=1S/C27H24Cl3N3O2/c1-4-6-23(34)31-24-18(5-2)27(35)33(3)26-21(24)14-20(15-7-9-16(28)10-8-15)25(32-26)19-12-11-17(29)13-22(19)30/h7-14H,4-6H2,1-3H3,(H,31,34). The van der Waals surface area contributed by atoms with E-state index in [4.69, 9.17) is 39.8 Å². The number of aromatic nitrogens is 2. The fraction of sp³-hybridized carbons (Fsp3) is 0.222. The van der Waals surface area contributed by atoms with Gasteiger partial charge >= 0.3 is 0 Å². The number of amides is 1. The van der Waals surface area contributed by atoms with Crippen LogP contribution in [-0.2, 0) is 18.3 Å². The number of fused-ring (bicyclic) bond motifs is 1. The van der Waals surface area contributed by atoms with E-state index in [0.717, 1.165) is 11.1 Å². The Labute approximate surface area is 218 Å². The Kier molecular flexibility index (Phi) is 7.50. The summed E-state index contributed by atoms with van der Waals surface area (Å²) in [5.41, 5.74) is 4.18. The first-order valence-corrected chi connectivity index (χ1v) is 12.5. The number of aryl methyl sites for hydroxylation is 1. The van der Waals surface area contributed by atoms with Crippen LogP contribution in [0, 0.1) is 0 Å². The zero-order valence-corrected chi connectivity index (χ0v) is 21.9. The van der Waals surface area contributed by atoms with E-state index >= 15 is 0 Å². The maximum atomic E-state index is 13.2. The summed E-state index contributed by atoms with van der Waals surface area (Å²) in [4.78, 5) is 30.8. The molecule has 2 aromatic carbocycles. The lowest BCUT2D eigenvalue weighted by Crippen LogP contribution is -2.25. The topological polar surface area (TPSA) is 64.0 Å². The highest BCUT2D eigenvalue weighted by Crippen LogP contribution is 2.39. The third-order valence-corrected chi connectivity index (χ3v) is 6.69. The van der Waals surface area contributed by atoms with Crippen molar-refractivity contribution in [1.82, 2.24) is 9.55 Å². The van der Waals surface area contributed by atoms with Crippen molar-refractivity contribution in [1.29, 1.82) is 0 Å². The van der Waals surface area contributed by atoms with Crippen LogP contribution < -0.4 is 10.9 Å². The Bertz CT molecular complexity index is 1500. The van der Waals surface area contributed by atoms with Gasteiger partial charge in [-0.05, 0) is 54.8 Å². The summed E-state index contributed by atoms with van der Waals surface area (Å²) in [6.07, 6.45) is 1.52. The quantitative estimate of drug-likeness (QED) is 0.281. The van der Waals surface area contributed by atoms with Crippen LogP contribution in [-0.4, -0.2) is 15.5 Å². The largest absolute Gasteiger partial charge is 0.325 e. The Morgan fingerprint density at radius 1 is 0.971 bits per heavy atom.